The highest BCUT2D eigenvalue weighted by atomic mass is 19.4. The van der Waals surface area contributed by atoms with E-state index in [1.54, 1.807) is 0 Å². The number of halogens is 3. The maximum Gasteiger partial charge on any atom is 0.453 e. The zero-order valence-corrected chi connectivity index (χ0v) is 11.7. The Hall–Kier alpha value is -2.39. The molecule has 0 aliphatic rings. The van der Waals surface area contributed by atoms with Crippen molar-refractivity contribution >= 4 is 16.8 Å². The number of imidazole rings is 1. The Bertz CT molecular complexity index is 875. The van der Waals surface area contributed by atoms with Gasteiger partial charge in [-0.15, -0.1) is 9.61 Å². The summed E-state index contributed by atoms with van der Waals surface area (Å²) in [5.41, 5.74) is -0.0494. The highest BCUT2D eigenvalue weighted by Crippen LogP contribution is 2.26. The van der Waals surface area contributed by atoms with Gasteiger partial charge < -0.3 is 0 Å². The second-order valence-electron chi connectivity index (χ2n) is 4.97. The Morgan fingerprint density at radius 1 is 1.36 bits per heavy atom. The average Bonchev–Trinajstić information content (AvgIpc) is 3.07. The monoisotopic (exact) mass is 315 g/mol. The summed E-state index contributed by atoms with van der Waals surface area (Å²) >= 11 is 0. The summed E-state index contributed by atoms with van der Waals surface area (Å²) in [5.74, 6) is -1.33. The van der Waals surface area contributed by atoms with Crippen LogP contribution >= 0.6 is 0 Å². The van der Waals surface area contributed by atoms with Crippen molar-refractivity contribution in [3.63, 3.8) is 0 Å². The van der Waals surface area contributed by atoms with Gasteiger partial charge in [-0.2, -0.15) is 18.2 Å². The molecular formula is C12H14F3N6O+. The molecule has 7 nitrogen and oxygen atoms in total. The van der Waals surface area contributed by atoms with Gasteiger partial charge in [0.15, 0.2) is 6.33 Å². The zero-order chi connectivity index (χ0) is 15.9. The molecule has 0 radical (unpaired) electrons. The van der Waals surface area contributed by atoms with E-state index in [4.69, 9.17) is 0 Å². The topological polar surface area (TPSA) is 82.1 Å². The van der Waals surface area contributed by atoms with E-state index in [-0.39, 0.29) is 5.65 Å². The number of nitrogens with zero attached hydrogens (tertiary/aromatic N) is 4. The van der Waals surface area contributed by atoms with Crippen LogP contribution in [0.4, 0.5) is 13.2 Å². The lowest BCUT2D eigenvalue weighted by atomic mass is 10.2. The predicted molar refractivity (Wildman–Crippen MR) is 70.2 cm³/mol. The fourth-order valence-electron chi connectivity index (χ4n) is 2.37. The van der Waals surface area contributed by atoms with Crippen molar-refractivity contribution in [3.8, 4) is 0 Å². The SMILES string of the molecule is CCCCCn1c(=O)n2nc(C(F)(F)F)nc2c2[nH]c[nH+]c21. The number of unbranched alkanes of at least 4 members (excludes halogenated alkanes) is 2. The first-order chi connectivity index (χ1) is 10.4. The number of nitrogens with one attached hydrogen (secondary N) is 2. The molecule has 3 aromatic heterocycles. The minimum absolute atomic E-state index is 0.139. The normalized spacial score (nSPS) is 12.5. The summed E-state index contributed by atoms with van der Waals surface area (Å²) in [4.78, 5) is 21.5. The van der Waals surface area contributed by atoms with Gasteiger partial charge in [-0.25, -0.2) is 14.3 Å². The first-order valence-electron chi connectivity index (χ1n) is 6.89. The summed E-state index contributed by atoms with van der Waals surface area (Å²) in [6.07, 6.45) is -0.618. The molecule has 3 aromatic rings. The molecule has 3 heterocycles. The highest BCUT2D eigenvalue weighted by Gasteiger charge is 2.37. The molecule has 3 rings (SSSR count). The van der Waals surface area contributed by atoms with E-state index in [9.17, 15) is 18.0 Å². The van der Waals surface area contributed by atoms with Gasteiger partial charge in [-0.3, -0.25) is 4.98 Å². The number of H-pyrrole nitrogens is 2. The van der Waals surface area contributed by atoms with Crippen LogP contribution in [-0.4, -0.2) is 24.1 Å². The van der Waals surface area contributed by atoms with Crippen molar-refractivity contribution in [2.24, 2.45) is 0 Å². The average molecular weight is 315 g/mol. The highest BCUT2D eigenvalue weighted by molar-refractivity contribution is 5.82. The van der Waals surface area contributed by atoms with E-state index in [2.05, 4.69) is 20.1 Å². The van der Waals surface area contributed by atoms with Crippen molar-refractivity contribution in [2.45, 2.75) is 38.9 Å². The Morgan fingerprint density at radius 2 is 2.14 bits per heavy atom. The fourth-order valence-corrected chi connectivity index (χ4v) is 2.37. The van der Waals surface area contributed by atoms with Gasteiger partial charge in [-0.05, 0) is 6.42 Å². The van der Waals surface area contributed by atoms with Crippen LogP contribution in [0, 0.1) is 0 Å². The van der Waals surface area contributed by atoms with E-state index in [0.29, 0.717) is 22.2 Å². The molecule has 0 aromatic carbocycles. The third-order valence-electron chi connectivity index (χ3n) is 3.41. The number of aromatic nitrogens is 6. The number of hydrogen-bond acceptors (Lipinski definition) is 3. The van der Waals surface area contributed by atoms with Crippen LogP contribution in [0.2, 0.25) is 0 Å². The van der Waals surface area contributed by atoms with Gasteiger partial charge in [0.05, 0.1) is 6.54 Å². The molecule has 0 spiro atoms. The van der Waals surface area contributed by atoms with Crippen molar-refractivity contribution < 1.29 is 18.2 Å². The van der Waals surface area contributed by atoms with Crippen LogP contribution in [-0.2, 0) is 12.7 Å². The minimum atomic E-state index is -4.70. The molecule has 22 heavy (non-hydrogen) atoms. The lowest BCUT2D eigenvalue weighted by molar-refractivity contribution is -0.349. The van der Waals surface area contributed by atoms with Crippen molar-refractivity contribution in [3.05, 3.63) is 22.6 Å². The number of hydrogen-bond donors (Lipinski definition) is 1. The van der Waals surface area contributed by atoms with Crippen molar-refractivity contribution in [2.75, 3.05) is 0 Å². The van der Waals surface area contributed by atoms with Crippen LogP contribution in [0.1, 0.15) is 32.0 Å². The first-order valence-corrected chi connectivity index (χ1v) is 6.89. The fraction of sp³-hybridized carbons (Fsp3) is 0.500. The van der Waals surface area contributed by atoms with Crippen LogP contribution in [0.15, 0.2) is 11.1 Å². The molecule has 0 aliphatic heterocycles. The lowest BCUT2D eigenvalue weighted by Crippen LogP contribution is -2.30. The van der Waals surface area contributed by atoms with E-state index in [1.165, 1.54) is 10.9 Å². The zero-order valence-electron chi connectivity index (χ0n) is 11.7. The maximum absolute atomic E-state index is 12.8. The summed E-state index contributed by atoms with van der Waals surface area (Å²) in [6, 6.07) is 0. The van der Waals surface area contributed by atoms with Gasteiger partial charge in [-0.1, -0.05) is 19.8 Å². The van der Waals surface area contributed by atoms with E-state index < -0.39 is 17.7 Å². The predicted octanol–water partition coefficient (Wildman–Crippen LogP) is 1.40. The Balaban J connectivity index is 2.24. The quantitative estimate of drug-likeness (QED) is 0.739. The van der Waals surface area contributed by atoms with Gasteiger partial charge in [0.1, 0.15) is 0 Å². The molecule has 0 saturated carbocycles. The van der Waals surface area contributed by atoms with Crippen molar-refractivity contribution in [1.82, 2.24) is 24.1 Å². The van der Waals surface area contributed by atoms with Crippen LogP contribution < -0.4 is 10.7 Å². The Kier molecular flexibility index (Phi) is 3.38. The molecule has 0 bridgehead atoms. The summed E-state index contributed by atoms with van der Waals surface area (Å²) < 4.78 is 40.4. The molecule has 10 heteroatoms. The third-order valence-corrected chi connectivity index (χ3v) is 3.41. The lowest BCUT2D eigenvalue weighted by Gasteiger charge is -2.01. The Labute approximate surface area is 121 Å². The van der Waals surface area contributed by atoms with Gasteiger partial charge >= 0.3 is 11.9 Å². The second-order valence-corrected chi connectivity index (χ2v) is 4.97. The third kappa shape index (κ3) is 2.24. The first kappa shape index (κ1) is 14.5. The van der Waals surface area contributed by atoms with E-state index in [0.717, 1.165) is 19.3 Å². The molecule has 0 fully saturated rings. The van der Waals surface area contributed by atoms with Crippen LogP contribution in [0.3, 0.4) is 0 Å². The molecule has 0 aliphatic carbocycles. The number of fused-ring (bicyclic) bond motifs is 3. The molecule has 118 valence electrons. The summed E-state index contributed by atoms with van der Waals surface area (Å²) in [7, 11) is 0. The number of aryl methyl sites for hydroxylation is 1. The van der Waals surface area contributed by atoms with Gasteiger partial charge in [0.2, 0.25) is 11.2 Å². The molecule has 0 atom stereocenters. The van der Waals surface area contributed by atoms with Gasteiger partial charge in [0.25, 0.3) is 11.5 Å². The smallest absolute Gasteiger partial charge is 0.271 e. The number of rotatable bonds is 4. The summed E-state index contributed by atoms with van der Waals surface area (Å²) in [5, 5.41) is 3.32. The molecule has 0 saturated heterocycles. The standard InChI is InChI=1S/C12H13F3N6O/c1-2-3-4-5-20-8-7(16-6-17-8)9-18-10(12(13,14)15)19-21(9)11(20)22/h6H,2-5H2,1H3,(H,16,17)/p+1. The van der Waals surface area contributed by atoms with E-state index >= 15 is 0 Å². The van der Waals surface area contributed by atoms with Crippen LogP contribution in [0.5, 0.6) is 0 Å². The Morgan fingerprint density at radius 3 is 2.82 bits per heavy atom. The van der Waals surface area contributed by atoms with Crippen molar-refractivity contribution in [1.29, 1.82) is 0 Å². The van der Waals surface area contributed by atoms with Gasteiger partial charge in [0, 0.05) is 0 Å². The minimum Gasteiger partial charge on any atom is -0.271 e. The summed E-state index contributed by atoms with van der Waals surface area (Å²) in [6.45, 7) is 2.42. The van der Waals surface area contributed by atoms with Crippen LogP contribution in [0.25, 0.3) is 16.8 Å². The number of aromatic amines is 2. The maximum atomic E-state index is 12.8. The molecular weight excluding hydrogens is 301 g/mol. The molecule has 2 N–H and O–H groups in total. The van der Waals surface area contributed by atoms with E-state index in [1.807, 2.05) is 6.92 Å². The molecule has 0 amide bonds. The largest absolute Gasteiger partial charge is 0.453 e. The second kappa shape index (κ2) is 5.11. The number of alkyl halides is 3. The molecule has 0 unspecified atom stereocenters.